The van der Waals surface area contributed by atoms with E-state index in [0.29, 0.717) is 53.6 Å². The van der Waals surface area contributed by atoms with Gasteiger partial charge in [-0.15, -0.1) is 0 Å². The number of amides is 1. The number of pyridine rings is 2. The van der Waals surface area contributed by atoms with Crippen LogP contribution in [0.3, 0.4) is 0 Å². The van der Waals surface area contributed by atoms with E-state index in [1.165, 1.54) is 12.0 Å². The zero-order valence-electron chi connectivity index (χ0n) is 18.8. The maximum Gasteiger partial charge on any atom is 0.408 e. The number of carbonyl (C=O) groups is 1. The summed E-state index contributed by atoms with van der Waals surface area (Å²) in [6, 6.07) is 3.01. The van der Waals surface area contributed by atoms with Crippen LogP contribution in [0.15, 0.2) is 18.3 Å². The number of aromatic nitrogens is 2. The number of hydrogen-bond acceptors (Lipinski definition) is 7. The summed E-state index contributed by atoms with van der Waals surface area (Å²) in [7, 11) is 1.53. The van der Waals surface area contributed by atoms with Crippen molar-refractivity contribution in [2.45, 2.75) is 50.8 Å². The number of β-amino-alcohol motifs (C(OH)–C–C–N with tert-alkyl or cyclic N) is 1. The molecule has 176 valence electrons. The quantitative estimate of drug-likeness (QED) is 0.594. The third-order valence-corrected chi connectivity index (χ3v) is 6.19. The van der Waals surface area contributed by atoms with Gasteiger partial charge in [0.15, 0.2) is 0 Å². The number of methoxy groups -OCH3 is 1. The van der Waals surface area contributed by atoms with Gasteiger partial charge >= 0.3 is 6.09 Å². The molecule has 10 heteroatoms. The Labute approximate surface area is 192 Å². The fraction of sp³-hybridized carbons (Fsp3) is 0.591. The summed E-state index contributed by atoms with van der Waals surface area (Å²) < 4.78 is 5.23. The molecule has 0 saturated carbocycles. The van der Waals surface area contributed by atoms with Gasteiger partial charge in [0.2, 0.25) is 5.88 Å². The summed E-state index contributed by atoms with van der Waals surface area (Å²) in [5, 5.41) is 31.1. The first-order valence-electron chi connectivity index (χ1n) is 10.6. The van der Waals surface area contributed by atoms with Crippen molar-refractivity contribution in [1.29, 1.82) is 0 Å². The third-order valence-electron chi connectivity index (χ3n) is 5.89. The first-order chi connectivity index (χ1) is 15.1. The first kappa shape index (κ1) is 24.4. The maximum absolute atomic E-state index is 11.8. The summed E-state index contributed by atoms with van der Waals surface area (Å²) in [5.74, 6) is 0.0567. The molecule has 1 saturated heterocycles. The molecule has 2 aromatic heterocycles. The SMILES string of the molecule is COc1ccc2ncc(Cl)c([C@H](CO)CN3CC[C@H](N(C(=O)O)C(C)(C)C)[C@@H](O)C3)c2n1. The number of halogens is 1. The lowest BCUT2D eigenvalue weighted by molar-refractivity contribution is -0.0368. The maximum atomic E-state index is 11.8. The molecule has 32 heavy (non-hydrogen) atoms. The van der Waals surface area contributed by atoms with Crippen molar-refractivity contribution >= 4 is 28.7 Å². The number of likely N-dealkylation sites (tertiary alicyclic amines) is 1. The fourth-order valence-electron chi connectivity index (χ4n) is 4.48. The molecule has 0 aromatic carbocycles. The van der Waals surface area contributed by atoms with Crippen LogP contribution in [0.25, 0.3) is 11.0 Å². The lowest BCUT2D eigenvalue weighted by atomic mass is 9.93. The lowest BCUT2D eigenvalue weighted by Gasteiger charge is -2.46. The number of rotatable bonds is 6. The number of nitrogens with zero attached hydrogens (tertiary/aromatic N) is 4. The van der Waals surface area contributed by atoms with Gasteiger partial charge in [-0.25, -0.2) is 9.78 Å². The third kappa shape index (κ3) is 5.06. The average molecular weight is 467 g/mol. The molecule has 3 rings (SSSR count). The van der Waals surface area contributed by atoms with Crippen LogP contribution >= 0.6 is 11.6 Å². The summed E-state index contributed by atoms with van der Waals surface area (Å²) in [5.41, 5.74) is 1.26. The van der Waals surface area contributed by atoms with E-state index >= 15 is 0 Å². The number of carboxylic acid groups (broad SMARTS) is 1. The molecule has 3 heterocycles. The summed E-state index contributed by atoms with van der Waals surface area (Å²) >= 11 is 6.47. The number of hydrogen-bond donors (Lipinski definition) is 3. The van der Waals surface area contributed by atoms with E-state index in [1.54, 1.807) is 18.3 Å². The van der Waals surface area contributed by atoms with E-state index in [-0.39, 0.29) is 12.5 Å². The van der Waals surface area contributed by atoms with Crippen molar-refractivity contribution in [2.75, 3.05) is 33.4 Å². The predicted molar refractivity (Wildman–Crippen MR) is 121 cm³/mol. The Morgan fingerprint density at radius 1 is 1.41 bits per heavy atom. The molecule has 1 aliphatic rings. The largest absolute Gasteiger partial charge is 0.481 e. The van der Waals surface area contributed by atoms with Crippen molar-refractivity contribution in [3.05, 3.63) is 28.9 Å². The van der Waals surface area contributed by atoms with E-state index < -0.39 is 23.8 Å². The smallest absolute Gasteiger partial charge is 0.408 e. The average Bonchev–Trinajstić information content (AvgIpc) is 2.72. The Hall–Kier alpha value is -2.20. The molecule has 0 spiro atoms. The van der Waals surface area contributed by atoms with Crippen molar-refractivity contribution in [3.63, 3.8) is 0 Å². The monoisotopic (exact) mass is 466 g/mol. The highest BCUT2D eigenvalue weighted by atomic mass is 35.5. The van der Waals surface area contributed by atoms with Gasteiger partial charge in [-0.2, -0.15) is 0 Å². The minimum absolute atomic E-state index is 0.170. The Bertz CT molecular complexity index is 967. The second-order valence-electron chi connectivity index (χ2n) is 9.13. The van der Waals surface area contributed by atoms with Crippen LogP contribution in [0, 0.1) is 0 Å². The highest BCUT2D eigenvalue weighted by molar-refractivity contribution is 6.32. The van der Waals surface area contributed by atoms with Gasteiger partial charge in [-0.1, -0.05) is 11.6 Å². The Morgan fingerprint density at radius 3 is 2.69 bits per heavy atom. The molecule has 1 aliphatic heterocycles. The van der Waals surface area contributed by atoms with Gasteiger partial charge in [0.05, 0.1) is 41.9 Å². The minimum Gasteiger partial charge on any atom is -0.481 e. The molecule has 1 fully saturated rings. The molecule has 0 aliphatic carbocycles. The van der Waals surface area contributed by atoms with Gasteiger partial charge in [0.1, 0.15) is 0 Å². The molecule has 3 atom stereocenters. The van der Waals surface area contributed by atoms with Gasteiger partial charge in [0.25, 0.3) is 0 Å². The standard InChI is InChI=1S/C22H31ClN4O5/c1-22(2,3)27(21(30)31)16-7-8-26(11-17(16)29)10-13(12-28)19-14(23)9-24-15-5-6-18(32-4)25-20(15)19/h5-6,9,13,16-17,28-29H,7-8,10-12H2,1-4H3,(H,30,31)/t13-,16-,17-/m0/s1. The van der Waals surface area contributed by atoms with Crippen LogP contribution in [0.2, 0.25) is 5.02 Å². The number of aliphatic hydroxyl groups excluding tert-OH is 2. The molecule has 2 aromatic rings. The normalized spacial score (nSPS) is 20.8. The molecule has 0 radical (unpaired) electrons. The number of ether oxygens (including phenoxy) is 1. The zero-order valence-corrected chi connectivity index (χ0v) is 19.6. The Kier molecular flexibility index (Phi) is 7.44. The van der Waals surface area contributed by atoms with Crippen LogP contribution in [0.5, 0.6) is 5.88 Å². The molecular formula is C22H31ClN4O5. The summed E-state index contributed by atoms with van der Waals surface area (Å²) in [6.45, 7) is 6.59. The topological polar surface area (TPSA) is 119 Å². The van der Waals surface area contributed by atoms with E-state index in [4.69, 9.17) is 16.3 Å². The van der Waals surface area contributed by atoms with Gasteiger partial charge < -0.3 is 20.1 Å². The summed E-state index contributed by atoms with van der Waals surface area (Å²) in [6.07, 6.45) is 0.143. The fourth-order valence-corrected chi connectivity index (χ4v) is 4.77. The Balaban J connectivity index is 1.82. The summed E-state index contributed by atoms with van der Waals surface area (Å²) in [4.78, 5) is 24.0. The van der Waals surface area contributed by atoms with Gasteiger partial charge in [0, 0.05) is 48.9 Å². The van der Waals surface area contributed by atoms with Crippen molar-refractivity contribution < 1.29 is 24.9 Å². The van der Waals surface area contributed by atoms with E-state index in [2.05, 4.69) is 9.97 Å². The first-order valence-corrected chi connectivity index (χ1v) is 11.0. The van der Waals surface area contributed by atoms with Gasteiger partial charge in [-0.05, 0) is 33.3 Å². The number of aliphatic hydroxyl groups is 2. The second-order valence-corrected chi connectivity index (χ2v) is 9.53. The molecule has 1 amide bonds. The van der Waals surface area contributed by atoms with Gasteiger partial charge in [-0.3, -0.25) is 14.8 Å². The Morgan fingerprint density at radius 2 is 2.12 bits per heavy atom. The number of piperidine rings is 1. The molecule has 9 nitrogen and oxygen atoms in total. The van der Waals surface area contributed by atoms with E-state index in [0.717, 1.165) is 0 Å². The highest BCUT2D eigenvalue weighted by Crippen LogP contribution is 2.33. The van der Waals surface area contributed by atoms with Crippen LogP contribution in [-0.2, 0) is 0 Å². The molecular weight excluding hydrogens is 436 g/mol. The molecule has 0 bridgehead atoms. The van der Waals surface area contributed by atoms with Crippen molar-refractivity contribution in [1.82, 2.24) is 19.8 Å². The lowest BCUT2D eigenvalue weighted by Crippen LogP contribution is -2.61. The highest BCUT2D eigenvalue weighted by Gasteiger charge is 2.40. The van der Waals surface area contributed by atoms with Crippen molar-refractivity contribution in [3.8, 4) is 5.88 Å². The van der Waals surface area contributed by atoms with E-state index in [9.17, 15) is 20.1 Å². The van der Waals surface area contributed by atoms with Crippen molar-refractivity contribution in [2.24, 2.45) is 0 Å². The number of fused-ring (bicyclic) bond motifs is 1. The van der Waals surface area contributed by atoms with Crippen LogP contribution in [0.4, 0.5) is 4.79 Å². The zero-order chi connectivity index (χ0) is 23.6. The molecule has 0 unspecified atom stereocenters. The molecule has 3 N–H and O–H groups in total. The predicted octanol–water partition coefficient (Wildman–Crippen LogP) is 2.58. The van der Waals surface area contributed by atoms with Crippen LogP contribution < -0.4 is 4.74 Å². The van der Waals surface area contributed by atoms with Crippen LogP contribution in [-0.4, -0.2) is 92.2 Å². The van der Waals surface area contributed by atoms with Crippen LogP contribution in [0.1, 0.15) is 38.7 Å². The second kappa shape index (κ2) is 9.74. The van der Waals surface area contributed by atoms with E-state index in [1.807, 2.05) is 25.7 Å². The minimum atomic E-state index is -1.04.